The molecule has 3 rings (SSSR count). The largest absolute Gasteiger partial charge is 0.483 e. The molecule has 1 saturated heterocycles. The summed E-state index contributed by atoms with van der Waals surface area (Å²) in [7, 11) is 3.98. The number of benzene rings is 1. The number of rotatable bonds is 2. The molecular formula is C19H27FN2O4. The highest BCUT2D eigenvalue weighted by Gasteiger charge is 2.43. The van der Waals surface area contributed by atoms with Crippen LogP contribution in [0.4, 0.5) is 4.39 Å². The number of hydrogen-bond donors (Lipinski definition) is 2. The molecule has 6 nitrogen and oxygen atoms in total. The van der Waals surface area contributed by atoms with Crippen LogP contribution in [0.5, 0.6) is 0 Å². The van der Waals surface area contributed by atoms with Crippen LogP contribution in [-0.4, -0.2) is 71.7 Å². The number of hydrogen-bond acceptors (Lipinski definition) is 4. The second-order valence-corrected chi connectivity index (χ2v) is 7.36. The molecule has 4 atom stereocenters. The SMILES string of the molecule is Cc1ccc(F)cc1C(=O)N1C[C@H]2C[C@@H](N(C)C)[C@H](O)C[C@H]2C1.O=CO. The zero-order valence-corrected chi connectivity index (χ0v) is 15.4. The predicted octanol–water partition coefficient (Wildman–Crippen LogP) is 1.61. The molecule has 1 aromatic carbocycles. The van der Waals surface area contributed by atoms with Crippen LogP contribution in [-0.2, 0) is 4.79 Å². The maximum absolute atomic E-state index is 13.5. The molecule has 0 aromatic heterocycles. The van der Waals surface area contributed by atoms with E-state index in [9.17, 15) is 14.3 Å². The fraction of sp³-hybridized carbons (Fsp3) is 0.579. The minimum Gasteiger partial charge on any atom is -0.483 e. The zero-order chi connectivity index (χ0) is 19.4. The van der Waals surface area contributed by atoms with Crippen molar-refractivity contribution < 1.29 is 24.2 Å². The molecule has 26 heavy (non-hydrogen) atoms. The Kier molecular flexibility index (Phi) is 6.72. The van der Waals surface area contributed by atoms with Crippen LogP contribution in [0.25, 0.3) is 0 Å². The van der Waals surface area contributed by atoms with Crippen molar-refractivity contribution in [2.24, 2.45) is 11.8 Å². The molecule has 1 saturated carbocycles. The molecule has 1 heterocycles. The van der Waals surface area contributed by atoms with Gasteiger partial charge in [-0.1, -0.05) is 6.07 Å². The van der Waals surface area contributed by atoms with Gasteiger partial charge >= 0.3 is 0 Å². The Labute approximate surface area is 153 Å². The Morgan fingerprint density at radius 1 is 1.27 bits per heavy atom. The van der Waals surface area contributed by atoms with Crippen LogP contribution < -0.4 is 0 Å². The quantitative estimate of drug-likeness (QED) is 0.777. The number of likely N-dealkylation sites (N-methyl/N-ethyl adjacent to an activating group) is 1. The molecule has 1 aliphatic carbocycles. The molecule has 0 bridgehead atoms. The summed E-state index contributed by atoms with van der Waals surface area (Å²) in [4.78, 5) is 25.0. The second kappa shape index (κ2) is 8.60. The number of carbonyl (C=O) groups is 2. The highest BCUT2D eigenvalue weighted by Crippen LogP contribution is 2.38. The van der Waals surface area contributed by atoms with E-state index in [1.165, 1.54) is 12.1 Å². The van der Waals surface area contributed by atoms with Gasteiger partial charge in [0.1, 0.15) is 5.82 Å². The maximum Gasteiger partial charge on any atom is 0.290 e. The fourth-order valence-electron chi connectivity index (χ4n) is 4.12. The van der Waals surface area contributed by atoms with Crippen molar-refractivity contribution in [1.82, 2.24) is 9.80 Å². The lowest BCUT2D eigenvalue weighted by atomic mass is 9.77. The van der Waals surface area contributed by atoms with Gasteiger partial charge in [-0.15, -0.1) is 0 Å². The van der Waals surface area contributed by atoms with E-state index < -0.39 is 0 Å². The summed E-state index contributed by atoms with van der Waals surface area (Å²) in [6.45, 7) is 2.95. The number of halogens is 1. The molecule has 0 radical (unpaired) electrons. The van der Waals surface area contributed by atoms with E-state index in [1.54, 1.807) is 6.07 Å². The highest BCUT2D eigenvalue weighted by molar-refractivity contribution is 5.95. The Morgan fingerprint density at radius 2 is 1.85 bits per heavy atom. The number of nitrogens with zero attached hydrogens (tertiary/aromatic N) is 2. The number of fused-ring (bicyclic) bond motifs is 1. The molecule has 7 heteroatoms. The molecule has 1 aromatic rings. The fourth-order valence-corrected chi connectivity index (χ4v) is 4.12. The zero-order valence-electron chi connectivity index (χ0n) is 15.4. The Hall–Kier alpha value is -1.99. The first-order chi connectivity index (χ1) is 12.3. The summed E-state index contributed by atoms with van der Waals surface area (Å²) in [5.41, 5.74) is 1.26. The average molecular weight is 366 g/mol. The number of likely N-dealkylation sites (tertiary alicyclic amines) is 1. The molecule has 1 amide bonds. The van der Waals surface area contributed by atoms with Crippen LogP contribution in [0.1, 0.15) is 28.8 Å². The smallest absolute Gasteiger partial charge is 0.290 e. The Balaban J connectivity index is 0.000000758. The molecule has 2 N–H and O–H groups in total. The van der Waals surface area contributed by atoms with Gasteiger partial charge < -0.3 is 20.0 Å². The van der Waals surface area contributed by atoms with Crippen molar-refractivity contribution in [1.29, 1.82) is 0 Å². The van der Waals surface area contributed by atoms with E-state index in [0.29, 0.717) is 30.5 Å². The van der Waals surface area contributed by atoms with Gasteiger partial charge in [-0.25, -0.2) is 4.39 Å². The summed E-state index contributed by atoms with van der Waals surface area (Å²) in [6.07, 6.45) is 1.31. The third-order valence-corrected chi connectivity index (χ3v) is 5.49. The Morgan fingerprint density at radius 3 is 2.42 bits per heavy atom. The monoisotopic (exact) mass is 366 g/mol. The first kappa shape index (κ1) is 20.3. The lowest BCUT2D eigenvalue weighted by Gasteiger charge is -2.38. The van der Waals surface area contributed by atoms with Crippen LogP contribution >= 0.6 is 0 Å². The standard InChI is InChI=1S/C18H25FN2O2.CH2O2/c1-11-4-5-14(19)8-15(11)18(23)21-9-12-6-16(20(2)3)17(22)7-13(12)10-21;2-1-3/h4-5,8,12-13,16-17,22H,6-7,9-10H2,1-3H3;1H,(H,2,3)/t12-,13+,16-,17-;/m1./s1. The van der Waals surface area contributed by atoms with Gasteiger partial charge in [-0.05, 0) is 63.4 Å². The van der Waals surface area contributed by atoms with Crippen LogP contribution in [0.2, 0.25) is 0 Å². The van der Waals surface area contributed by atoms with E-state index in [2.05, 4.69) is 4.90 Å². The first-order valence-electron chi connectivity index (χ1n) is 8.76. The van der Waals surface area contributed by atoms with Gasteiger partial charge in [0.15, 0.2) is 0 Å². The van der Waals surface area contributed by atoms with Crippen molar-refractivity contribution in [3.8, 4) is 0 Å². The van der Waals surface area contributed by atoms with Crippen molar-refractivity contribution in [2.75, 3.05) is 27.2 Å². The summed E-state index contributed by atoms with van der Waals surface area (Å²) >= 11 is 0. The number of carboxylic acid groups (broad SMARTS) is 1. The van der Waals surface area contributed by atoms with E-state index in [-0.39, 0.29) is 30.3 Å². The minimum atomic E-state index is -0.376. The first-order valence-corrected chi connectivity index (χ1v) is 8.76. The minimum absolute atomic E-state index is 0.0905. The highest BCUT2D eigenvalue weighted by atomic mass is 19.1. The van der Waals surface area contributed by atoms with Gasteiger partial charge in [0, 0.05) is 24.7 Å². The van der Waals surface area contributed by atoms with Gasteiger partial charge in [-0.2, -0.15) is 0 Å². The van der Waals surface area contributed by atoms with Gasteiger partial charge in [-0.3, -0.25) is 9.59 Å². The molecule has 144 valence electrons. The third-order valence-electron chi connectivity index (χ3n) is 5.49. The second-order valence-electron chi connectivity index (χ2n) is 7.36. The van der Waals surface area contributed by atoms with E-state index in [0.717, 1.165) is 18.4 Å². The normalized spacial score (nSPS) is 27.5. The molecule has 0 unspecified atom stereocenters. The van der Waals surface area contributed by atoms with Gasteiger partial charge in [0.2, 0.25) is 0 Å². The van der Waals surface area contributed by atoms with E-state index in [1.807, 2.05) is 25.9 Å². The third kappa shape index (κ3) is 4.40. The number of aliphatic hydroxyl groups is 1. The summed E-state index contributed by atoms with van der Waals surface area (Å²) in [5.74, 6) is 0.300. The lowest BCUT2D eigenvalue weighted by molar-refractivity contribution is -0.122. The van der Waals surface area contributed by atoms with Crippen molar-refractivity contribution in [3.05, 3.63) is 35.1 Å². The van der Waals surface area contributed by atoms with E-state index in [4.69, 9.17) is 9.90 Å². The molecule has 2 aliphatic rings. The van der Waals surface area contributed by atoms with Crippen molar-refractivity contribution in [2.45, 2.75) is 31.9 Å². The predicted molar refractivity (Wildman–Crippen MR) is 95.4 cm³/mol. The molecule has 1 aliphatic heterocycles. The molecule has 0 spiro atoms. The van der Waals surface area contributed by atoms with Crippen molar-refractivity contribution in [3.63, 3.8) is 0 Å². The average Bonchev–Trinajstić information content (AvgIpc) is 2.99. The summed E-state index contributed by atoms with van der Waals surface area (Å²) in [5, 5.41) is 17.2. The van der Waals surface area contributed by atoms with Gasteiger partial charge in [0.25, 0.3) is 12.4 Å². The molecule has 2 fully saturated rings. The van der Waals surface area contributed by atoms with Crippen LogP contribution in [0, 0.1) is 24.6 Å². The van der Waals surface area contributed by atoms with Crippen LogP contribution in [0.15, 0.2) is 18.2 Å². The summed E-state index contributed by atoms with van der Waals surface area (Å²) < 4.78 is 13.5. The van der Waals surface area contributed by atoms with E-state index >= 15 is 0 Å². The summed E-state index contributed by atoms with van der Waals surface area (Å²) in [6, 6.07) is 4.52. The number of aliphatic hydroxyl groups excluding tert-OH is 1. The maximum atomic E-state index is 13.5. The van der Waals surface area contributed by atoms with Crippen molar-refractivity contribution >= 4 is 12.4 Å². The van der Waals surface area contributed by atoms with Gasteiger partial charge in [0.05, 0.1) is 6.10 Å². The number of amides is 1. The number of carbonyl (C=O) groups excluding carboxylic acids is 1. The molecular weight excluding hydrogens is 339 g/mol. The Bertz CT molecular complexity index is 652. The van der Waals surface area contributed by atoms with Crippen LogP contribution in [0.3, 0.4) is 0 Å². The lowest BCUT2D eigenvalue weighted by Crippen LogP contribution is -2.46. The number of aryl methyl sites for hydroxylation is 1. The topological polar surface area (TPSA) is 81.1 Å².